The minimum Gasteiger partial charge on any atom is -0.402 e. The van der Waals surface area contributed by atoms with E-state index in [2.05, 4.69) is 18.5 Å². The highest BCUT2D eigenvalue weighted by atomic mass is 19.4. The Morgan fingerprint density at radius 1 is 1.12 bits per heavy atom. The molecule has 0 aliphatic rings. The molecule has 0 bridgehead atoms. The lowest BCUT2D eigenvalue weighted by Gasteiger charge is -2.15. The molecule has 0 amide bonds. The quantitative estimate of drug-likeness (QED) is 0.427. The standard InChI is InChI=1S/C24H28F4N4/c1-14-8-18(4-5-22(14)16(3)32-7-6-15(2)29)23(31)13-21(30)11-17-9-19(24(26,27)28)12-20(25)10-17/h4-5,8-10,12-13,21,32H,2-3,6-7,11,29-31H2,1H3/b23-13-. The predicted octanol–water partition coefficient (Wildman–Crippen LogP) is 4.45. The van der Waals surface area contributed by atoms with Crippen LogP contribution in [-0.4, -0.2) is 12.6 Å². The lowest BCUT2D eigenvalue weighted by atomic mass is 9.99. The molecule has 2 aromatic rings. The van der Waals surface area contributed by atoms with E-state index in [1.165, 1.54) is 0 Å². The van der Waals surface area contributed by atoms with Crippen molar-refractivity contribution in [3.8, 4) is 0 Å². The summed E-state index contributed by atoms with van der Waals surface area (Å²) in [4.78, 5) is 0. The summed E-state index contributed by atoms with van der Waals surface area (Å²) >= 11 is 0. The second-order valence-electron chi connectivity index (χ2n) is 7.68. The summed E-state index contributed by atoms with van der Waals surface area (Å²) in [5, 5.41) is 3.19. The minimum absolute atomic E-state index is 0.00572. The highest BCUT2D eigenvalue weighted by Gasteiger charge is 2.31. The number of rotatable bonds is 9. The van der Waals surface area contributed by atoms with Gasteiger partial charge in [-0.05, 0) is 65.9 Å². The molecule has 0 heterocycles. The molecule has 32 heavy (non-hydrogen) atoms. The number of nitrogens with two attached hydrogens (primary N) is 3. The van der Waals surface area contributed by atoms with E-state index in [4.69, 9.17) is 17.2 Å². The molecule has 0 aliphatic heterocycles. The number of halogens is 4. The molecule has 0 saturated heterocycles. The Labute approximate surface area is 185 Å². The molecule has 1 unspecified atom stereocenters. The molecule has 0 radical (unpaired) electrons. The van der Waals surface area contributed by atoms with Gasteiger partial charge in [0.05, 0.1) is 5.56 Å². The normalized spacial score (nSPS) is 13.0. The molecular weight excluding hydrogens is 420 g/mol. The molecule has 8 heteroatoms. The Morgan fingerprint density at radius 2 is 1.81 bits per heavy atom. The van der Waals surface area contributed by atoms with Gasteiger partial charge in [0.2, 0.25) is 0 Å². The van der Waals surface area contributed by atoms with Crippen LogP contribution >= 0.6 is 0 Å². The van der Waals surface area contributed by atoms with Crippen molar-refractivity contribution in [2.75, 3.05) is 6.54 Å². The third-order valence-corrected chi connectivity index (χ3v) is 4.82. The molecule has 172 valence electrons. The van der Waals surface area contributed by atoms with Crippen molar-refractivity contribution in [1.82, 2.24) is 5.32 Å². The molecule has 4 nitrogen and oxygen atoms in total. The molecule has 0 fully saturated rings. The Kier molecular flexibility index (Phi) is 8.10. The summed E-state index contributed by atoms with van der Waals surface area (Å²) in [7, 11) is 0. The van der Waals surface area contributed by atoms with E-state index in [0.717, 1.165) is 29.0 Å². The average Bonchev–Trinajstić information content (AvgIpc) is 2.66. The number of nitrogens with one attached hydrogen (secondary N) is 1. The zero-order valence-corrected chi connectivity index (χ0v) is 17.9. The number of hydrogen-bond acceptors (Lipinski definition) is 4. The second kappa shape index (κ2) is 10.4. The van der Waals surface area contributed by atoms with Crippen LogP contribution in [0.25, 0.3) is 11.4 Å². The lowest BCUT2D eigenvalue weighted by molar-refractivity contribution is -0.137. The molecule has 2 rings (SSSR count). The van der Waals surface area contributed by atoms with Gasteiger partial charge in [-0.3, -0.25) is 0 Å². The van der Waals surface area contributed by atoms with Gasteiger partial charge in [0.15, 0.2) is 0 Å². The highest BCUT2D eigenvalue weighted by Crippen LogP contribution is 2.30. The maximum Gasteiger partial charge on any atom is 0.416 e. The molecule has 0 aliphatic carbocycles. The second-order valence-corrected chi connectivity index (χ2v) is 7.68. The lowest BCUT2D eigenvalue weighted by Crippen LogP contribution is -2.22. The van der Waals surface area contributed by atoms with E-state index in [-0.39, 0.29) is 12.0 Å². The van der Waals surface area contributed by atoms with E-state index >= 15 is 0 Å². The van der Waals surface area contributed by atoms with Crippen LogP contribution in [0.3, 0.4) is 0 Å². The van der Waals surface area contributed by atoms with E-state index in [9.17, 15) is 17.6 Å². The third kappa shape index (κ3) is 7.16. The van der Waals surface area contributed by atoms with Crippen molar-refractivity contribution in [2.45, 2.75) is 32.0 Å². The topological polar surface area (TPSA) is 90.1 Å². The smallest absolute Gasteiger partial charge is 0.402 e. The van der Waals surface area contributed by atoms with Crippen LogP contribution < -0.4 is 22.5 Å². The first-order valence-electron chi connectivity index (χ1n) is 9.93. The van der Waals surface area contributed by atoms with Crippen molar-refractivity contribution in [3.63, 3.8) is 0 Å². The summed E-state index contributed by atoms with van der Waals surface area (Å²) < 4.78 is 52.3. The van der Waals surface area contributed by atoms with Crippen molar-refractivity contribution in [1.29, 1.82) is 0 Å². The first-order valence-corrected chi connectivity index (χ1v) is 9.93. The Morgan fingerprint density at radius 3 is 2.41 bits per heavy atom. The first kappa shape index (κ1) is 25.0. The SMILES string of the molecule is C=C(N)CCNC(=C)c1ccc(/C(N)=C/C(N)Cc2cc(F)cc(C(F)(F)F)c2)cc1C. The molecule has 2 aromatic carbocycles. The summed E-state index contributed by atoms with van der Waals surface area (Å²) in [5.41, 5.74) is 21.1. The summed E-state index contributed by atoms with van der Waals surface area (Å²) in [5.74, 6) is -0.963. The average molecular weight is 449 g/mol. The molecule has 7 N–H and O–H groups in total. The van der Waals surface area contributed by atoms with Crippen LogP contribution in [0.15, 0.2) is 61.3 Å². The van der Waals surface area contributed by atoms with Gasteiger partial charge in [-0.1, -0.05) is 25.3 Å². The zero-order chi connectivity index (χ0) is 24.1. The number of aryl methyl sites for hydroxylation is 1. The van der Waals surface area contributed by atoms with E-state index in [0.29, 0.717) is 36.0 Å². The maximum absolute atomic E-state index is 13.6. The molecule has 0 saturated carbocycles. The van der Waals surface area contributed by atoms with Gasteiger partial charge in [0, 0.05) is 36.1 Å². The highest BCUT2D eigenvalue weighted by molar-refractivity contribution is 5.70. The Hall–Kier alpha value is -3.26. The molecule has 0 spiro atoms. The molecule has 1 atom stereocenters. The van der Waals surface area contributed by atoms with Crippen molar-refractivity contribution in [2.24, 2.45) is 17.2 Å². The van der Waals surface area contributed by atoms with E-state index in [1.807, 2.05) is 19.1 Å². The van der Waals surface area contributed by atoms with Gasteiger partial charge < -0.3 is 22.5 Å². The third-order valence-electron chi connectivity index (χ3n) is 4.82. The van der Waals surface area contributed by atoms with Gasteiger partial charge in [-0.15, -0.1) is 0 Å². The fourth-order valence-corrected chi connectivity index (χ4v) is 3.24. The first-order chi connectivity index (χ1) is 14.9. The zero-order valence-electron chi connectivity index (χ0n) is 17.9. The van der Waals surface area contributed by atoms with Crippen LogP contribution in [0, 0.1) is 12.7 Å². The van der Waals surface area contributed by atoms with Crippen molar-refractivity contribution in [3.05, 3.63) is 95.0 Å². The van der Waals surface area contributed by atoms with Gasteiger partial charge >= 0.3 is 6.18 Å². The van der Waals surface area contributed by atoms with E-state index in [1.54, 1.807) is 12.1 Å². The maximum atomic E-state index is 13.6. The van der Waals surface area contributed by atoms with E-state index < -0.39 is 23.6 Å². The predicted molar refractivity (Wildman–Crippen MR) is 121 cm³/mol. The largest absolute Gasteiger partial charge is 0.416 e. The van der Waals surface area contributed by atoms with Crippen LogP contribution in [0.1, 0.15) is 34.2 Å². The fraction of sp³-hybridized carbons (Fsp3) is 0.250. The summed E-state index contributed by atoms with van der Waals surface area (Å²) in [6, 6.07) is 7.23. The van der Waals surface area contributed by atoms with Crippen molar-refractivity contribution >= 4 is 11.4 Å². The summed E-state index contributed by atoms with van der Waals surface area (Å²) in [6.07, 6.45) is -2.45. The number of alkyl halides is 3. The van der Waals surface area contributed by atoms with Crippen LogP contribution in [-0.2, 0) is 12.6 Å². The van der Waals surface area contributed by atoms with Gasteiger partial charge in [-0.25, -0.2) is 4.39 Å². The monoisotopic (exact) mass is 448 g/mol. The fourth-order valence-electron chi connectivity index (χ4n) is 3.24. The Bertz CT molecular complexity index is 1030. The summed E-state index contributed by atoms with van der Waals surface area (Å²) in [6.45, 7) is 10.2. The van der Waals surface area contributed by atoms with Crippen LogP contribution in [0.2, 0.25) is 0 Å². The molecular formula is C24H28F4N4. The van der Waals surface area contributed by atoms with Crippen molar-refractivity contribution < 1.29 is 17.6 Å². The van der Waals surface area contributed by atoms with Gasteiger partial charge in [-0.2, -0.15) is 13.2 Å². The van der Waals surface area contributed by atoms with Gasteiger partial charge in [0.1, 0.15) is 5.82 Å². The van der Waals surface area contributed by atoms with Crippen LogP contribution in [0.5, 0.6) is 0 Å². The minimum atomic E-state index is -4.63. The number of hydrogen-bond donors (Lipinski definition) is 4. The number of benzene rings is 2. The Balaban J connectivity index is 2.12. The van der Waals surface area contributed by atoms with Crippen LogP contribution in [0.4, 0.5) is 17.6 Å². The molecule has 0 aromatic heterocycles. The van der Waals surface area contributed by atoms with Gasteiger partial charge in [0.25, 0.3) is 0 Å².